The van der Waals surface area contributed by atoms with Gasteiger partial charge in [-0.25, -0.2) is 14.3 Å². The van der Waals surface area contributed by atoms with Crippen molar-refractivity contribution in [3.05, 3.63) is 28.8 Å². The van der Waals surface area contributed by atoms with Crippen molar-refractivity contribution in [2.75, 3.05) is 7.11 Å². The predicted molar refractivity (Wildman–Crippen MR) is 58.7 cm³/mol. The minimum absolute atomic E-state index is 0.222. The van der Waals surface area contributed by atoms with E-state index in [2.05, 4.69) is 14.8 Å². The molecule has 2 aromatic rings. The average Bonchev–Trinajstić information content (AvgIpc) is 2.72. The molecule has 0 aromatic carbocycles. The summed E-state index contributed by atoms with van der Waals surface area (Å²) in [6.07, 6.45) is 2.50. The summed E-state index contributed by atoms with van der Waals surface area (Å²) in [4.78, 5) is 15.5. The van der Waals surface area contributed by atoms with E-state index >= 15 is 0 Å². The van der Waals surface area contributed by atoms with Crippen molar-refractivity contribution in [2.24, 2.45) is 0 Å². The highest BCUT2D eigenvalue weighted by Gasteiger charge is 2.13. The van der Waals surface area contributed by atoms with Crippen LogP contribution in [0.25, 0.3) is 5.52 Å². The zero-order valence-electron chi connectivity index (χ0n) is 8.90. The molecular formula is C10H10ClN3O2. The fraction of sp³-hybridized carbons (Fsp3) is 0.300. The van der Waals surface area contributed by atoms with Crippen LogP contribution in [0.4, 0.5) is 0 Å². The molecule has 0 N–H and O–H groups in total. The first-order chi connectivity index (χ1) is 7.65. The van der Waals surface area contributed by atoms with Crippen molar-refractivity contribution >= 4 is 23.1 Å². The number of carbonyl (C=O) groups is 1. The van der Waals surface area contributed by atoms with Crippen molar-refractivity contribution in [3.8, 4) is 0 Å². The number of rotatable bonds is 2. The molecule has 0 saturated heterocycles. The molecule has 2 aromatic heterocycles. The molecule has 0 bridgehead atoms. The van der Waals surface area contributed by atoms with Crippen LogP contribution in [0, 0.1) is 0 Å². The minimum atomic E-state index is -0.488. The van der Waals surface area contributed by atoms with Crippen LogP contribution in [0.15, 0.2) is 12.3 Å². The van der Waals surface area contributed by atoms with Crippen molar-refractivity contribution < 1.29 is 9.53 Å². The Bertz CT molecular complexity index is 550. The van der Waals surface area contributed by atoms with Crippen LogP contribution in [-0.4, -0.2) is 27.7 Å². The Kier molecular flexibility index (Phi) is 2.78. The lowest BCUT2D eigenvalue weighted by Gasteiger charge is -1.99. The maximum absolute atomic E-state index is 11.3. The summed E-state index contributed by atoms with van der Waals surface area (Å²) >= 11 is 5.98. The van der Waals surface area contributed by atoms with Gasteiger partial charge < -0.3 is 4.74 Å². The summed E-state index contributed by atoms with van der Waals surface area (Å²) in [7, 11) is 1.31. The fourth-order valence-corrected chi connectivity index (χ4v) is 1.62. The molecule has 6 heteroatoms. The highest BCUT2D eigenvalue weighted by molar-refractivity contribution is 6.32. The molecule has 0 fully saturated rings. The number of aromatic nitrogens is 3. The van der Waals surface area contributed by atoms with Gasteiger partial charge >= 0.3 is 5.97 Å². The van der Waals surface area contributed by atoms with Gasteiger partial charge in [0, 0.05) is 6.07 Å². The lowest BCUT2D eigenvalue weighted by atomic mass is 10.3. The molecule has 0 saturated carbocycles. The number of esters is 1. The zero-order valence-corrected chi connectivity index (χ0v) is 9.65. The second-order valence-corrected chi connectivity index (χ2v) is 3.59. The van der Waals surface area contributed by atoms with E-state index < -0.39 is 5.97 Å². The topological polar surface area (TPSA) is 56.5 Å². The average molecular weight is 240 g/mol. The molecule has 0 atom stereocenters. The van der Waals surface area contributed by atoms with E-state index in [1.807, 2.05) is 6.92 Å². The zero-order chi connectivity index (χ0) is 11.7. The second kappa shape index (κ2) is 4.09. The van der Waals surface area contributed by atoms with Gasteiger partial charge in [-0.3, -0.25) is 0 Å². The summed E-state index contributed by atoms with van der Waals surface area (Å²) < 4.78 is 6.13. The van der Waals surface area contributed by atoms with E-state index in [0.29, 0.717) is 10.7 Å². The lowest BCUT2D eigenvalue weighted by Crippen LogP contribution is -2.02. The molecule has 0 radical (unpaired) electrons. The van der Waals surface area contributed by atoms with E-state index in [1.54, 1.807) is 16.8 Å². The molecule has 0 amide bonds. The Morgan fingerprint density at radius 2 is 2.38 bits per heavy atom. The SMILES string of the molecule is CCc1cn2nc(C(=O)OC)cc2c(Cl)n1. The normalized spacial score (nSPS) is 10.7. The Morgan fingerprint density at radius 3 is 3.00 bits per heavy atom. The maximum atomic E-state index is 11.3. The molecular weight excluding hydrogens is 230 g/mol. The largest absolute Gasteiger partial charge is 0.464 e. The van der Waals surface area contributed by atoms with Crippen LogP contribution in [0.1, 0.15) is 23.1 Å². The lowest BCUT2D eigenvalue weighted by molar-refractivity contribution is 0.0593. The van der Waals surface area contributed by atoms with Gasteiger partial charge in [-0.2, -0.15) is 5.10 Å². The Labute approximate surface area is 97.0 Å². The standard InChI is InChI=1S/C10H10ClN3O2/c1-3-6-5-14-8(9(11)12-6)4-7(13-14)10(15)16-2/h4-5H,3H2,1-2H3. The number of fused-ring (bicyclic) bond motifs is 1. The summed E-state index contributed by atoms with van der Waals surface area (Å²) in [5.74, 6) is -0.488. The van der Waals surface area contributed by atoms with E-state index in [-0.39, 0.29) is 5.69 Å². The Balaban J connectivity index is 2.61. The Hall–Kier alpha value is -1.62. The van der Waals surface area contributed by atoms with Gasteiger partial charge in [-0.15, -0.1) is 0 Å². The van der Waals surface area contributed by atoms with Crippen LogP contribution in [-0.2, 0) is 11.2 Å². The minimum Gasteiger partial charge on any atom is -0.464 e. The predicted octanol–water partition coefficient (Wildman–Crippen LogP) is 1.73. The molecule has 0 spiro atoms. The number of ether oxygens (including phenoxy) is 1. The van der Waals surface area contributed by atoms with E-state index in [4.69, 9.17) is 11.6 Å². The second-order valence-electron chi connectivity index (χ2n) is 3.23. The van der Waals surface area contributed by atoms with Gasteiger partial charge in [0.2, 0.25) is 0 Å². The molecule has 2 heterocycles. The number of nitrogens with zero attached hydrogens (tertiary/aromatic N) is 3. The van der Waals surface area contributed by atoms with Gasteiger partial charge in [0.15, 0.2) is 10.8 Å². The molecule has 0 aliphatic heterocycles. The van der Waals surface area contributed by atoms with Gasteiger partial charge in [0.05, 0.1) is 19.0 Å². The number of halogens is 1. The van der Waals surface area contributed by atoms with Crippen LogP contribution < -0.4 is 0 Å². The summed E-state index contributed by atoms with van der Waals surface area (Å²) in [6, 6.07) is 1.56. The number of hydrogen-bond donors (Lipinski definition) is 0. The van der Waals surface area contributed by atoms with Crippen LogP contribution in [0.5, 0.6) is 0 Å². The third-order valence-corrected chi connectivity index (χ3v) is 2.50. The third-order valence-electron chi connectivity index (χ3n) is 2.22. The van der Waals surface area contributed by atoms with Gasteiger partial charge in [-0.05, 0) is 6.42 Å². The van der Waals surface area contributed by atoms with Crippen LogP contribution >= 0.6 is 11.6 Å². The van der Waals surface area contributed by atoms with E-state index in [0.717, 1.165) is 12.1 Å². The van der Waals surface area contributed by atoms with E-state index in [1.165, 1.54) is 7.11 Å². The Morgan fingerprint density at radius 1 is 1.62 bits per heavy atom. The molecule has 84 valence electrons. The maximum Gasteiger partial charge on any atom is 0.358 e. The highest BCUT2D eigenvalue weighted by Crippen LogP contribution is 2.17. The molecule has 16 heavy (non-hydrogen) atoms. The molecule has 2 rings (SSSR count). The number of methoxy groups -OCH3 is 1. The van der Waals surface area contributed by atoms with E-state index in [9.17, 15) is 4.79 Å². The number of aryl methyl sites for hydroxylation is 1. The molecule has 0 unspecified atom stereocenters. The first-order valence-electron chi connectivity index (χ1n) is 4.78. The van der Waals surface area contributed by atoms with Crippen molar-refractivity contribution in [2.45, 2.75) is 13.3 Å². The van der Waals surface area contributed by atoms with Gasteiger partial charge in [-0.1, -0.05) is 18.5 Å². The van der Waals surface area contributed by atoms with Crippen molar-refractivity contribution in [1.82, 2.24) is 14.6 Å². The monoisotopic (exact) mass is 239 g/mol. The molecule has 0 aliphatic carbocycles. The van der Waals surface area contributed by atoms with Crippen LogP contribution in [0.2, 0.25) is 5.15 Å². The third kappa shape index (κ3) is 1.74. The number of carbonyl (C=O) groups excluding carboxylic acids is 1. The quantitative estimate of drug-likeness (QED) is 0.749. The van der Waals surface area contributed by atoms with Crippen molar-refractivity contribution in [1.29, 1.82) is 0 Å². The van der Waals surface area contributed by atoms with Crippen molar-refractivity contribution in [3.63, 3.8) is 0 Å². The van der Waals surface area contributed by atoms with Crippen LogP contribution in [0.3, 0.4) is 0 Å². The van der Waals surface area contributed by atoms with Gasteiger partial charge in [0.25, 0.3) is 0 Å². The molecule has 0 aliphatic rings. The summed E-state index contributed by atoms with van der Waals surface area (Å²) in [5.41, 5.74) is 1.63. The fourth-order valence-electron chi connectivity index (χ4n) is 1.37. The number of hydrogen-bond acceptors (Lipinski definition) is 4. The molecule has 5 nitrogen and oxygen atoms in total. The summed E-state index contributed by atoms with van der Waals surface area (Å²) in [6.45, 7) is 1.97. The highest BCUT2D eigenvalue weighted by atomic mass is 35.5. The first kappa shape index (κ1) is 10.9. The smallest absolute Gasteiger partial charge is 0.358 e. The first-order valence-corrected chi connectivity index (χ1v) is 5.16. The summed E-state index contributed by atoms with van der Waals surface area (Å²) in [5, 5.41) is 4.41. The van der Waals surface area contributed by atoms with Gasteiger partial charge in [0.1, 0.15) is 5.52 Å².